The summed E-state index contributed by atoms with van der Waals surface area (Å²) < 4.78 is 1.97. The van der Waals surface area contributed by atoms with Gasteiger partial charge in [-0.25, -0.2) is 19.9 Å². The van der Waals surface area contributed by atoms with Crippen LogP contribution in [-0.4, -0.2) is 43.5 Å². The topological polar surface area (TPSA) is 71.2 Å². The van der Waals surface area contributed by atoms with E-state index in [1.165, 1.54) is 0 Å². The van der Waals surface area contributed by atoms with Gasteiger partial charge in [-0.3, -0.25) is 0 Å². The van der Waals surface area contributed by atoms with Crippen molar-refractivity contribution in [2.75, 3.05) is 23.3 Å². The maximum absolute atomic E-state index is 4.43. The molecule has 1 aliphatic rings. The van der Waals surface area contributed by atoms with Crippen molar-refractivity contribution in [1.82, 2.24) is 24.3 Å². The van der Waals surface area contributed by atoms with Gasteiger partial charge in [-0.1, -0.05) is 0 Å². The summed E-state index contributed by atoms with van der Waals surface area (Å²) in [6, 6.07) is 2.15. The molecule has 1 aliphatic heterocycles. The summed E-state index contributed by atoms with van der Waals surface area (Å²) in [5, 5.41) is 3.52. The van der Waals surface area contributed by atoms with E-state index in [4.69, 9.17) is 0 Å². The zero-order valence-corrected chi connectivity index (χ0v) is 12.1. The molecule has 0 amide bonds. The third-order valence-corrected chi connectivity index (χ3v) is 3.91. The molecular weight excluding hydrogens is 278 g/mol. The molecule has 1 atom stereocenters. The van der Waals surface area contributed by atoms with Crippen LogP contribution in [0.3, 0.4) is 0 Å². The van der Waals surface area contributed by atoms with Crippen molar-refractivity contribution in [3.63, 3.8) is 0 Å². The van der Waals surface area contributed by atoms with E-state index in [0.29, 0.717) is 6.04 Å². The van der Waals surface area contributed by atoms with Gasteiger partial charge in [0.2, 0.25) is 5.95 Å². The van der Waals surface area contributed by atoms with Crippen molar-refractivity contribution in [2.45, 2.75) is 18.9 Å². The minimum Gasteiger partial charge on any atom is -0.362 e. The Morgan fingerprint density at radius 2 is 1.82 bits per heavy atom. The van der Waals surface area contributed by atoms with Crippen molar-refractivity contribution in [3.8, 4) is 0 Å². The average molecular weight is 295 g/mol. The number of aromatic nitrogens is 5. The molecule has 4 heterocycles. The molecule has 3 aromatic rings. The van der Waals surface area contributed by atoms with E-state index in [9.17, 15) is 0 Å². The minimum absolute atomic E-state index is 0.313. The Labute approximate surface area is 128 Å². The zero-order valence-electron chi connectivity index (χ0n) is 12.1. The van der Waals surface area contributed by atoms with Crippen LogP contribution in [0.1, 0.15) is 12.8 Å². The first-order chi connectivity index (χ1) is 10.9. The zero-order chi connectivity index (χ0) is 14.8. The molecule has 0 radical (unpaired) electrons. The van der Waals surface area contributed by atoms with Gasteiger partial charge in [0.05, 0.1) is 0 Å². The van der Waals surface area contributed by atoms with Crippen LogP contribution in [0.25, 0.3) is 5.65 Å². The second-order valence-electron chi connectivity index (χ2n) is 5.41. The molecule has 22 heavy (non-hydrogen) atoms. The molecule has 1 saturated heterocycles. The van der Waals surface area contributed by atoms with E-state index < -0.39 is 0 Å². The second kappa shape index (κ2) is 5.59. The number of nitrogens with one attached hydrogen (secondary N) is 1. The Balaban J connectivity index is 1.52. The molecular formula is C15H17N7. The standard InChI is InChI=1S/C15H17N7/c1-3-12(11-22(8-1)15-18-4-2-5-19-15)20-13-14-17-7-10-21(14)9-6-16-13/h2,4-7,9-10,12H,1,3,8,11H2,(H,16,20). The molecule has 1 fully saturated rings. The number of imidazole rings is 1. The quantitative estimate of drug-likeness (QED) is 0.791. The number of fused-ring (bicyclic) bond motifs is 1. The molecule has 4 rings (SSSR count). The lowest BCUT2D eigenvalue weighted by atomic mass is 10.1. The van der Waals surface area contributed by atoms with Gasteiger partial charge >= 0.3 is 0 Å². The maximum atomic E-state index is 4.43. The molecule has 0 aromatic carbocycles. The van der Waals surface area contributed by atoms with Crippen molar-refractivity contribution < 1.29 is 0 Å². The summed E-state index contributed by atoms with van der Waals surface area (Å²) in [5.74, 6) is 1.62. The lowest BCUT2D eigenvalue weighted by Crippen LogP contribution is -2.43. The predicted molar refractivity (Wildman–Crippen MR) is 83.9 cm³/mol. The smallest absolute Gasteiger partial charge is 0.225 e. The van der Waals surface area contributed by atoms with Crippen molar-refractivity contribution in [2.24, 2.45) is 0 Å². The Hall–Kier alpha value is -2.70. The molecule has 7 heteroatoms. The summed E-state index contributed by atoms with van der Waals surface area (Å²) >= 11 is 0. The Morgan fingerprint density at radius 3 is 2.68 bits per heavy atom. The summed E-state index contributed by atoms with van der Waals surface area (Å²) in [6.45, 7) is 1.86. The van der Waals surface area contributed by atoms with Gasteiger partial charge in [0.15, 0.2) is 11.5 Å². The van der Waals surface area contributed by atoms with E-state index in [1.807, 2.05) is 22.9 Å². The van der Waals surface area contributed by atoms with Crippen molar-refractivity contribution in [3.05, 3.63) is 43.2 Å². The molecule has 0 aliphatic carbocycles. The van der Waals surface area contributed by atoms with Crippen LogP contribution in [-0.2, 0) is 0 Å². The predicted octanol–water partition coefficient (Wildman–Crippen LogP) is 1.60. The van der Waals surface area contributed by atoms with Gasteiger partial charge in [0.1, 0.15) is 0 Å². The van der Waals surface area contributed by atoms with Gasteiger partial charge in [0.25, 0.3) is 0 Å². The average Bonchev–Trinajstić information content (AvgIpc) is 3.06. The SMILES string of the molecule is c1cnc(N2CCCC(Nc3nccn4ccnc34)C2)nc1. The molecule has 7 nitrogen and oxygen atoms in total. The highest BCUT2D eigenvalue weighted by molar-refractivity contribution is 5.62. The number of anilines is 2. The van der Waals surface area contributed by atoms with Crippen molar-refractivity contribution in [1.29, 1.82) is 0 Å². The first kappa shape index (κ1) is 13.0. The molecule has 0 spiro atoms. The van der Waals surface area contributed by atoms with Crippen LogP contribution in [0.5, 0.6) is 0 Å². The summed E-state index contributed by atoms with van der Waals surface area (Å²) in [5.41, 5.74) is 0.857. The fourth-order valence-electron chi connectivity index (χ4n) is 2.88. The van der Waals surface area contributed by atoms with Gasteiger partial charge in [0, 0.05) is 56.3 Å². The Bertz CT molecular complexity index is 755. The summed E-state index contributed by atoms with van der Waals surface area (Å²) in [4.78, 5) is 19.7. The van der Waals surface area contributed by atoms with Crippen LogP contribution in [0.2, 0.25) is 0 Å². The first-order valence-electron chi connectivity index (χ1n) is 7.46. The number of nitrogens with zero attached hydrogens (tertiary/aromatic N) is 6. The van der Waals surface area contributed by atoms with Gasteiger partial charge < -0.3 is 14.6 Å². The highest BCUT2D eigenvalue weighted by Gasteiger charge is 2.22. The molecule has 1 unspecified atom stereocenters. The number of rotatable bonds is 3. The Kier molecular flexibility index (Phi) is 3.30. The highest BCUT2D eigenvalue weighted by atomic mass is 15.3. The third-order valence-electron chi connectivity index (χ3n) is 3.91. The van der Waals surface area contributed by atoms with Crippen LogP contribution in [0, 0.1) is 0 Å². The Morgan fingerprint density at radius 1 is 1.00 bits per heavy atom. The van der Waals surface area contributed by atoms with Crippen LogP contribution < -0.4 is 10.2 Å². The normalized spacial score (nSPS) is 18.5. The minimum atomic E-state index is 0.313. The van der Waals surface area contributed by atoms with Gasteiger partial charge in [-0.15, -0.1) is 0 Å². The van der Waals surface area contributed by atoms with E-state index in [2.05, 4.69) is 30.2 Å². The van der Waals surface area contributed by atoms with Gasteiger partial charge in [-0.05, 0) is 18.9 Å². The fourth-order valence-corrected chi connectivity index (χ4v) is 2.88. The summed E-state index contributed by atoms with van der Waals surface area (Å²) in [7, 11) is 0. The lowest BCUT2D eigenvalue weighted by molar-refractivity contribution is 0.522. The molecule has 1 N–H and O–H groups in total. The summed E-state index contributed by atoms with van der Waals surface area (Å²) in [6.07, 6.45) is 13.2. The van der Waals surface area contributed by atoms with E-state index >= 15 is 0 Å². The number of hydrogen-bond acceptors (Lipinski definition) is 6. The van der Waals surface area contributed by atoms with E-state index in [0.717, 1.165) is 43.3 Å². The van der Waals surface area contributed by atoms with Crippen LogP contribution >= 0.6 is 0 Å². The van der Waals surface area contributed by atoms with Crippen LogP contribution in [0.4, 0.5) is 11.8 Å². The molecule has 0 saturated carbocycles. The second-order valence-corrected chi connectivity index (χ2v) is 5.41. The highest BCUT2D eigenvalue weighted by Crippen LogP contribution is 2.19. The molecule has 0 bridgehead atoms. The third kappa shape index (κ3) is 2.45. The van der Waals surface area contributed by atoms with E-state index in [1.54, 1.807) is 24.8 Å². The van der Waals surface area contributed by atoms with Gasteiger partial charge in [-0.2, -0.15) is 0 Å². The fraction of sp³-hybridized carbons (Fsp3) is 0.333. The van der Waals surface area contributed by atoms with Crippen molar-refractivity contribution >= 4 is 17.4 Å². The number of piperidine rings is 1. The maximum Gasteiger partial charge on any atom is 0.225 e. The molecule has 112 valence electrons. The first-order valence-corrected chi connectivity index (χ1v) is 7.46. The molecule has 3 aromatic heterocycles. The van der Waals surface area contributed by atoms with Crippen LogP contribution in [0.15, 0.2) is 43.2 Å². The van der Waals surface area contributed by atoms with E-state index in [-0.39, 0.29) is 0 Å². The number of hydrogen-bond donors (Lipinski definition) is 1. The largest absolute Gasteiger partial charge is 0.362 e. The lowest BCUT2D eigenvalue weighted by Gasteiger charge is -2.33. The monoisotopic (exact) mass is 295 g/mol.